The first-order chi connectivity index (χ1) is 15.4. The van der Waals surface area contributed by atoms with Crippen molar-refractivity contribution in [2.45, 2.75) is 30.1 Å². The van der Waals surface area contributed by atoms with E-state index in [1.165, 1.54) is 4.31 Å². The van der Waals surface area contributed by atoms with Crippen molar-refractivity contribution in [1.29, 1.82) is 0 Å². The lowest BCUT2D eigenvalue weighted by Crippen LogP contribution is -2.48. The number of carbonyl (C=O) groups is 1. The first-order valence-electron chi connectivity index (χ1n) is 10.7. The van der Waals surface area contributed by atoms with Crippen molar-refractivity contribution in [3.05, 3.63) is 83.9 Å². The lowest BCUT2D eigenvalue weighted by Gasteiger charge is -2.37. The van der Waals surface area contributed by atoms with Gasteiger partial charge in [-0.2, -0.15) is 4.31 Å². The summed E-state index contributed by atoms with van der Waals surface area (Å²) < 4.78 is 28.0. The number of piperidine rings is 1. The second-order valence-electron chi connectivity index (χ2n) is 8.50. The molecule has 1 saturated heterocycles. The van der Waals surface area contributed by atoms with E-state index in [4.69, 9.17) is 0 Å². The normalized spacial score (nSPS) is 17.7. The SMILES string of the molecule is Cc1cccc(Nc2ccc(S(=O)(=O)N3CCC4(CC3)C(=O)Nc3ccccc34)cc2)c1. The molecule has 2 N–H and O–H groups in total. The van der Waals surface area contributed by atoms with E-state index in [0.29, 0.717) is 25.9 Å². The van der Waals surface area contributed by atoms with Crippen LogP contribution < -0.4 is 10.6 Å². The Bertz CT molecular complexity index is 1280. The summed E-state index contributed by atoms with van der Waals surface area (Å²) in [6, 6.07) is 22.5. The van der Waals surface area contributed by atoms with Crippen molar-refractivity contribution in [3.8, 4) is 0 Å². The summed E-state index contributed by atoms with van der Waals surface area (Å²) in [6.07, 6.45) is 0.949. The van der Waals surface area contributed by atoms with Gasteiger partial charge in [-0.15, -0.1) is 0 Å². The van der Waals surface area contributed by atoms with E-state index in [1.54, 1.807) is 24.3 Å². The van der Waals surface area contributed by atoms with E-state index >= 15 is 0 Å². The van der Waals surface area contributed by atoms with Crippen LogP contribution >= 0.6 is 0 Å². The minimum atomic E-state index is -3.63. The fourth-order valence-electron chi connectivity index (χ4n) is 4.73. The fourth-order valence-corrected chi connectivity index (χ4v) is 6.17. The minimum Gasteiger partial charge on any atom is -0.356 e. The topological polar surface area (TPSA) is 78.5 Å². The van der Waals surface area contributed by atoms with Gasteiger partial charge in [0.15, 0.2) is 0 Å². The molecule has 0 saturated carbocycles. The van der Waals surface area contributed by atoms with Crippen molar-refractivity contribution < 1.29 is 13.2 Å². The molecule has 1 spiro atoms. The highest BCUT2D eigenvalue weighted by molar-refractivity contribution is 7.89. The second-order valence-corrected chi connectivity index (χ2v) is 10.4. The molecule has 0 radical (unpaired) electrons. The molecule has 2 aliphatic rings. The molecule has 3 aromatic carbocycles. The molecule has 1 fully saturated rings. The number of aryl methyl sites for hydroxylation is 1. The Labute approximate surface area is 188 Å². The number of fused-ring (bicyclic) bond motifs is 2. The Hall–Kier alpha value is -3.16. The highest BCUT2D eigenvalue weighted by Crippen LogP contribution is 2.45. The summed E-state index contributed by atoms with van der Waals surface area (Å²) in [6.45, 7) is 2.65. The Kier molecular flexibility index (Phi) is 5.03. The highest BCUT2D eigenvalue weighted by Gasteiger charge is 2.49. The maximum Gasteiger partial charge on any atom is 0.243 e. The minimum absolute atomic E-state index is 0.0256. The third-order valence-corrected chi connectivity index (χ3v) is 8.41. The lowest BCUT2D eigenvalue weighted by atomic mass is 9.74. The lowest BCUT2D eigenvalue weighted by molar-refractivity contribution is -0.122. The molecule has 0 aromatic heterocycles. The molecule has 1 amide bonds. The summed E-state index contributed by atoms with van der Waals surface area (Å²) in [5.41, 5.74) is 4.11. The zero-order valence-corrected chi connectivity index (χ0v) is 18.7. The zero-order valence-electron chi connectivity index (χ0n) is 17.8. The van der Waals surface area contributed by atoms with Crippen LogP contribution in [0.25, 0.3) is 0 Å². The Morgan fingerprint density at radius 1 is 0.906 bits per heavy atom. The molecular weight excluding hydrogens is 422 g/mol. The van der Waals surface area contributed by atoms with E-state index in [2.05, 4.69) is 10.6 Å². The summed E-state index contributed by atoms with van der Waals surface area (Å²) in [4.78, 5) is 13.0. The van der Waals surface area contributed by atoms with E-state index in [0.717, 1.165) is 28.2 Å². The van der Waals surface area contributed by atoms with Crippen LogP contribution in [-0.4, -0.2) is 31.7 Å². The number of para-hydroxylation sites is 1. The van der Waals surface area contributed by atoms with Crippen molar-refractivity contribution in [3.63, 3.8) is 0 Å². The standard InChI is InChI=1S/C25H25N3O3S/c1-18-5-4-6-20(17-18)26-19-9-11-21(12-10-19)32(30,31)28-15-13-25(14-16-28)22-7-2-3-8-23(22)27-24(25)29/h2-12,17,26H,13-16H2,1H3,(H,27,29). The van der Waals surface area contributed by atoms with Gasteiger partial charge in [-0.3, -0.25) is 4.79 Å². The zero-order chi connectivity index (χ0) is 22.3. The van der Waals surface area contributed by atoms with E-state index in [-0.39, 0.29) is 10.8 Å². The van der Waals surface area contributed by atoms with Crippen LogP contribution in [0, 0.1) is 6.92 Å². The summed E-state index contributed by atoms with van der Waals surface area (Å²) in [5, 5.41) is 6.26. The molecule has 164 valence electrons. The maximum absolute atomic E-state index is 13.2. The number of anilines is 3. The molecule has 2 heterocycles. The predicted octanol–water partition coefficient (Wildman–Crippen LogP) is 4.41. The van der Waals surface area contributed by atoms with Gasteiger partial charge in [-0.25, -0.2) is 8.42 Å². The highest BCUT2D eigenvalue weighted by atomic mass is 32.2. The summed E-state index contributed by atoms with van der Waals surface area (Å²) in [5.74, 6) is -0.0256. The first-order valence-corrected chi connectivity index (χ1v) is 12.2. The van der Waals surface area contributed by atoms with Crippen LogP contribution in [0.5, 0.6) is 0 Å². The average Bonchev–Trinajstić information content (AvgIpc) is 3.06. The van der Waals surface area contributed by atoms with E-state index in [1.807, 2.05) is 55.5 Å². The van der Waals surface area contributed by atoms with Crippen molar-refractivity contribution in [1.82, 2.24) is 4.31 Å². The number of hydrogen-bond donors (Lipinski definition) is 2. The smallest absolute Gasteiger partial charge is 0.243 e. The third-order valence-electron chi connectivity index (χ3n) is 6.50. The van der Waals surface area contributed by atoms with Gasteiger partial charge in [0.1, 0.15) is 0 Å². The molecule has 0 unspecified atom stereocenters. The third kappa shape index (κ3) is 3.47. The van der Waals surface area contributed by atoms with Crippen LogP contribution in [-0.2, 0) is 20.2 Å². The van der Waals surface area contributed by atoms with Gasteiger partial charge in [-0.1, -0.05) is 30.3 Å². The quantitative estimate of drug-likeness (QED) is 0.621. The Morgan fingerprint density at radius 2 is 1.62 bits per heavy atom. The van der Waals surface area contributed by atoms with Crippen LogP contribution in [0.15, 0.2) is 77.7 Å². The molecular formula is C25H25N3O3S. The number of nitrogens with zero attached hydrogens (tertiary/aromatic N) is 1. The van der Waals surface area contributed by atoms with Crippen molar-refractivity contribution >= 4 is 33.0 Å². The monoisotopic (exact) mass is 447 g/mol. The molecule has 7 heteroatoms. The van der Waals surface area contributed by atoms with Gasteiger partial charge in [0, 0.05) is 30.2 Å². The molecule has 0 bridgehead atoms. The van der Waals surface area contributed by atoms with Crippen LogP contribution in [0.2, 0.25) is 0 Å². The molecule has 2 aliphatic heterocycles. The predicted molar refractivity (Wildman–Crippen MR) is 126 cm³/mol. The summed E-state index contributed by atoms with van der Waals surface area (Å²) >= 11 is 0. The van der Waals surface area contributed by atoms with Crippen molar-refractivity contribution in [2.75, 3.05) is 23.7 Å². The molecule has 5 rings (SSSR count). The number of nitrogens with one attached hydrogen (secondary N) is 2. The molecule has 6 nitrogen and oxygen atoms in total. The van der Waals surface area contributed by atoms with Gasteiger partial charge < -0.3 is 10.6 Å². The largest absolute Gasteiger partial charge is 0.356 e. The number of benzene rings is 3. The van der Waals surface area contributed by atoms with E-state index in [9.17, 15) is 13.2 Å². The summed E-state index contributed by atoms with van der Waals surface area (Å²) in [7, 11) is -3.63. The number of hydrogen-bond acceptors (Lipinski definition) is 4. The van der Waals surface area contributed by atoms with Gasteiger partial charge in [0.05, 0.1) is 10.3 Å². The second kappa shape index (κ2) is 7.76. The Balaban J connectivity index is 1.31. The van der Waals surface area contributed by atoms with Crippen molar-refractivity contribution in [2.24, 2.45) is 0 Å². The van der Waals surface area contributed by atoms with Crippen LogP contribution in [0.3, 0.4) is 0 Å². The number of carbonyl (C=O) groups excluding carboxylic acids is 1. The molecule has 0 atom stereocenters. The van der Waals surface area contributed by atoms with E-state index < -0.39 is 15.4 Å². The average molecular weight is 448 g/mol. The van der Waals surface area contributed by atoms with Gasteiger partial charge in [0.2, 0.25) is 15.9 Å². The Morgan fingerprint density at radius 3 is 2.34 bits per heavy atom. The molecule has 3 aromatic rings. The molecule has 0 aliphatic carbocycles. The molecule has 32 heavy (non-hydrogen) atoms. The number of rotatable bonds is 4. The van der Waals surface area contributed by atoms with Gasteiger partial charge in [-0.05, 0) is 73.4 Å². The number of amides is 1. The maximum atomic E-state index is 13.2. The van der Waals surface area contributed by atoms with Gasteiger partial charge in [0.25, 0.3) is 0 Å². The van der Waals surface area contributed by atoms with Gasteiger partial charge >= 0.3 is 0 Å². The van der Waals surface area contributed by atoms with Crippen LogP contribution in [0.1, 0.15) is 24.0 Å². The van der Waals surface area contributed by atoms with Crippen LogP contribution in [0.4, 0.5) is 17.1 Å². The first kappa shape index (κ1) is 20.7. The number of sulfonamides is 1. The fraction of sp³-hybridized carbons (Fsp3) is 0.240.